The summed E-state index contributed by atoms with van der Waals surface area (Å²) in [6.07, 6.45) is 0.782. The molecule has 0 saturated carbocycles. The highest BCUT2D eigenvalue weighted by atomic mass is 16.5. The zero-order chi connectivity index (χ0) is 10.4. The molecule has 0 aliphatic carbocycles. The highest BCUT2D eigenvalue weighted by molar-refractivity contribution is 5.77. The van der Waals surface area contributed by atoms with Crippen LogP contribution in [0.5, 0.6) is 5.75 Å². The average Bonchev–Trinajstić information content (AvgIpc) is 2.19. The van der Waals surface area contributed by atoms with Crippen LogP contribution in [0.3, 0.4) is 0 Å². The van der Waals surface area contributed by atoms with E-state index in [0.717, 1.165) is 12.2 Å². The molecule has 0 aromatic heterocycles. The first-order valence-electron chi connectivity index (χ1n) is 4.88. The quantitative estimate of drug-likeness (QED) is 0.717. The molecule has 14 heavy (non-hydrogen) atoms. The molecule has 0 radical (unpaired) electrons. The fraction of sp³-hybridized carbons (Fsp3) is 0.417. The molecular weight excluding hydrogens is 176 g/mol. The molecule has 2 heteroatoms. The second-order valence-corrected chi connectivity index (χ2v) is 3.46. The van der Waals surface area contributed by atoms with Crippen molar-refractivity contribution in [1.29, 1.82) is 0 Å². The second kappa shape index (κ2) is 5.43. The average molecular weight is 192 g/mol. The molecule has 0 saturated heterocycles. The van der Waals surface area contributed by atoms with E-state index in [-0.39, 0.29) is 11.7 Å². The van der Waals surface area contributed by atoms with Crippen LogP contribution in [0.15, 0.2) is 30.3 Å². The predicted octanol–water partition coefficient (Wildman–Crippen LogP) is 2.68. The molecule has 1 aromatic rings. The van der Waals surface area contributed by atoms with Gasteiger partial charge in [-0.3, -0.25) is 4.79 Å². The lowest BCUT2D eigenvalue weighted by molar-refractivity contribution is -0.120. The number of rotatable bonds is 5. The minimum absolute atomic E-state index is 0.0960. The maximum Gasteiger partial charge on any atom is 0.132 e. The van der Waals surface area contributed by atoms with Gasteiger partial charge in [0, 0.05) is 5.92 Å². The summed E-state index contributed by atoms with van der Waals surface area (Å²) in [5.74, 6) is 1.18. The van der Waals surface area contributed by atoms with Crippen LogP contribution in [0.4, 0.5) is 0 Å². The van der Waals surface area contributed by atoms with Gasteiger partial charge in [-0.15, -0.1) is 0 Å². The number of ketones is 1. The monoisotopic (exact) mass is 192 g/mol. The molecule has 1 unspecified atom stereocenters. The number of carbonyl (C=O) groups excluding carboxylic acids is 1. The van der Waals surface area contributed by atoms with Crippen LogP contribution in [0, 0.1) is 5.92 Å². The van der Waals surface area contributed by atoms with Gasteiger partial charge in [-0.2, -0.15) is 0 Å². The minimum Gasteiger partial charge on any atom is -0.494 e. The van der Waals surface area contributed by atoms with E-state index in [2.05, 4.69) is 0 Å². The van der Waals surface area contributed by atoms with Crippen molar-refractivity contribution in [3.8, 4) is 5.75 Å². The SMILES string of the molecule is CC(=O)C(C)CCOc1ccccc1. The summed E-state index contributed by atoms with van der Waals surface area (Å²) < 4.78 is 5.47. The van der Waals surface area contributed by atoms with Crippen LogP contribution in [0.25, 0.3) is 0 Å². The van der Waals surface area contributed by atoms with Gasteiger partial charge >= 0.3 is 0 Å². The molecule has 1 atom stereocenters. The van der Waals surface area contributed by atoms with Gasteiger partial charge in [0.1, 0.15) is 11.5 Å². The van der Waals surface area contributed by atoms with Crippen molar-refractivity contribution in [3.05, 3.63) is 30.3 Å². The smallest absolute Gasteiger partial charge is 0.132 e. The fourth-order valence-electron chi connectivity index (χ4n) is 1.07. The minimum atomic E-state index is 0.0960. The topological polar surface area (TPSA) is 26.3 Å². The summed E-state index contributed by atoms with van der Waals surface area (Å²) in [6.45, 7) is 4.15. The molecule has 1 rings (SSSR count). The van der Waals surface area contributed by atoms with Crippen molar-refractivity contribution in [2.45, 2.75) is 20.3 Å². The number of Topliss-reactive ketones (excluding diaryl/α,β-unsaturated/α-hetero) is 1. The summed E-state index contributed by atoms with van der Waals surface area (Å²) in [6, 6.07) is 9.65. The largest absolute Gasteiger partial charge is 0.494 e. The molecular formula is C12H16O2. The van der Waals surface area contributed by atoms with Crippen LogP contribution in [-0.2, 0) is 4.79 Å². The first kappa shape index (κ1) is 10.8. The number of benzene rings is 1. The zero-order valence-electron chi connectivity index (χ0n) is 8.69. The van der Waals surface area contributed by atoms with Gasteiger partial charge in [0.25, 0.3) is 0 Å². The number of ether oxygens (including phenoxy) is 1. The normalized spacial score (nSPS) is 12.1. The Hall–Kier alpha value is -1.31. The van der Waals surface area contributed by atoms with Gasteiger partial charge in [-0.25, -0.2) is 0 Å². The molecule has 1 aromatic carbocycles. The standard InChI is InChI=1S/C12H16O2/c1-10(11(2)13)8-9-14-12-6-4-3-5-7-12/h3-7,10H,8-9H2,1-2H3. The molecule has 0 heterocycles. The molecule has 2 nitrogen and oxygen atoms in total. The lowest BCUT2D eigenvalue weighted by Gasteiger charge is -2.08. The van der Waals surface area contributed by atoms with Crippen molar-refractivity contribution < 1.29 is 9.53 Å². The molecule has 0 fully saturated rings. The second-order valence-electron chi connectivity index (χ2n) is 3.46. The number of hydrogen-bond acceptors (Lipinski definition) is 2. The third-order valence-corrected chi connectivity index (χ3v) is 2.26. The third kappa shape index (κ3) is 3.60. The van der Waals surface area contributed by atoms with E-state index in [0.29, 0.717) is 6.61 Å². The first-order valence-corrected chi connectivity index (χ1v) is 4.88. The lowest BCUT2D eigenvalue weighted by atomic mass is 10.1. The molecule has 0 aliphatic rings. The first-order chi connectivity index (χ1) is 6.70. The highest BCUT2D eigenvalue weighted by Crippen LogP contribution is 2.10. The zero-order valence-corrected chi connectivity index (χ0v) is 8.69. The maximum absolute atomic E-state index is 10.9. The van der Waals surface area contributed by atoms with Gasteiger partial charge in [0.05, 0.1) is 6.61 Å². The highest BCUT2D eigenvalue weighted by Gasteiger charge is 2.06. The molecule has 0 aliphatic heterocycles. The summed E-state index contributed by atoms with van der Waals surface area (Å²) in [5.41, 5.74) is 0. The van der Waals surface area contributed by atoms with Crippen LogP contribution >= 0.6 is 0 Å². The molecule has 0 amide bonds. The Morgan fingerprint density at radius 3 is 2.57 bits per heavy atom. The van der Waals surface area contributed by atoms with E-state index in [9.17, 15) is 4.79 Å². The summed E-state index contributed by atoms with van der Waals surface area (Å²) in [7, 11) is 0. The van der Waals surface area contributed by atoms with Crippen LogP contribution in [-0.4, -0.2) is 12.4 Å². The Balaban J connectivity index is 2.26. The van der Waals surface area contributed by atoms with Gasteiger partial charge in [0.15, 0.2) is 0 Å². The Kier molecular flexibility index (Phi) is 4.17. The Morgan fingerprint density at radius 1 is 1.36 bits per heavy atom. The summed E-state index contributed by atoms with van der Waals surface area (Å²) >= 11 is 0. The van der Waals surface area contributed by atoms with E-state index in [1.165, 1.54) is 0 Å². The van der Waals surface area contributed by atoms with E-state index >= 15 is 0 Å². The van der Waals surface area contributed by atoms with E-state index in [1.54, 1.807) is 6.92 Å². The number of hydrogen-bond donors (Lipinski definition) is 0. The van der Waals surface area contributed by atoms with Crippen molar-refractivity contribution in [2.75, 3.05) is 6.61 Å². The Morgan fingerprint density at radius 2 is 2.00 bits per heavy atom. The Labute approximate surface area is 84.9 Å². The molecule has 76 valence electrons. The van der Waals surface area contributed by atoms with Crippen LogP contribution < -0.4 is 4.74 Å². The number of carbonyl (C=O) groups is 1. The molecule has 0 bridgehead atoms. The fourth-order valence-corrected chi connectivity index (χ4v) is 1.07. The lowest BCUT2D eigenvalue weighted by Crippen LogP contribution is -2.10. The Bertz CT molecular complexity index is 280. The third-order valence-electron chi connectivity index (χ3n) is 2.26. The predicted molar refractivity (Wildman–Crippen MR) is 56.4 cm³/mol. The van der Waals surface area contributed by atoms with Crippen molar-refractivity contribution in [2.24, 2.45) is 5.92 Å². The van der Waals surface area contributed by atoms with Crippen LogP contribution in [0.2, 0.25) is 0 Å². The van der Waals surface area contributed by atoms with E-state index < -0.39 is 0 Å². The molecule has 0 spiro atoms. The molecule has 0 N–H and O–H groups in total. The summed E-state index contributed by atoms with van der Waals surface area (Å²) in [5, 5.41) is 0. The summed E-state index contributed by atoms with van der Waals surface area (Å²) in [4.78, 5) is 10.9. The van der Waals surface area contributed by atoms with E-state index in [4.69, 9.17) is 4.74 Å². The van der Waals surface area contributed by atoms with E-state index in [1.807, 2.05) is 37.3 Å². The number of para-hydroxylation sites is 1. The van der Waals surface area contributed by atoms with Crippen molar-refractivity contribution >= 4 is 5.78 Å². The van der Waals surface area contributed by atoms with Gasteiger partial charge in [-0.05, 0) is 25.5 Å². The van der Waals surface area contributed by atoms with Crippen molar-refractivity contribution in [1.82, 2.24) is 0 Å². The van der Waals surface area contributed by atoms with Gasteiger partial charge in [0.2, 0.25) is 0 Å². The van der Waals surface area contributed by atoms with Crippen LogP contribution in [0.1, 0.15) is 20.3 Å². The van der Waals surface area contributed by atoms with Gasteiger partial charge < -0.3 is 4.74 Å². The maximum atomic E-state index is 10.9. The van der Waals surface area contributed by atoms with Gasteiger partial charge in [-0.1, -0.05) is 25.1 Å². The van der Waals surface area contributed by atoms with Crippen molar-refractivity contribution in [3.63, 3.8) is 0 Å².